The number of H-pyrrole nitrogens is 1. The Bertz CT molecular complexity index is 370. The highest BCUT2D eigenvalue weighted by Crippen LogP contribution is 2.25. The molecule has 134 valence electrons. The lowest BCUT2D eigenvalue weighted by Gasteiger charge is -2.14. The summed E-state index contributed by atoms with van der Waals surface area (Å²) in [7, 11) is 0. The average molecular weight is 322 g/mol. The van der Waals surface area contributed by atoms with Crippen LogP contribution in [0.4, 0.5) is 0 Å². The third-order valence-corrected chi connectivity index (χ3v) is 5.08. The summed E-state index contributed by atoms with van der Waals surface area (Å²) >= 11 is 0. The standard InChI is InChI=1S/C21H40N2/c1-4-7-9-11-13-15-17-20(16-14-12-10-8-5-2)21-22-18-19-23(21)6-3/h18-20H,4-17H2,1-3H3/p+1/t20-/m0/s1. The van der Waals surface area contributed by atoms with E-state index in [0.717, 1.165) is 12.5 Å². The minimum Gasteiger partial charge on any atom is -0.247 e. The largest absolute Gasteiger partial charge is 0.257 e. The molecule has 0 aliphatic heterocycles. The quantitative estimate of drug-likeness (QED) is 0.280. The summed E-state index contributed by atoms with van der Waals surface area (Å²) in [5.41, 5.74) is 0. The van der Waals surface area contributed by atoms with Crippen LogP contribution in [0.2, 0.25) is 0 Å². The van der Waals surface area contributed by atoms with Gasteiger partial charge in [-0.3, -0.25) is 0 Å². The molecule has 0 fully saturated rings. The minimum absolute atomic E-state index is 0.734. The summed E-state index contributed by atoms with van der Waals surface area (Å²) in [6, 6.07) is 0. The fourth-order valence-corrected chi connectivity index (χ4v) is 3.59. The van der Waals surface area contributed by atoms with E-state index in [1.807, 2.05) is 0 Å². The molecule has 1 N–H and O–H groups in total. The van der Waals surface area contributed by atoms with E-state index < -0.39 is 0 Å². The van der Waals surface area contributed by atoms with Crippen molar-refractivity contribution in [2.45, 2.75) is 117 Å². The highest BCUT2D eigenvalue weighted by molar-refractivity contribution is 4.89. The molecule has 0 unspecified atom stereocenters. The van der Waals surface area contributed by atoms with Crippen LogP contribution in [0.5, 0.6) is 0 Å². The Kier molecular flexibility index (Phi) is 12.0. The lowest BCUT2D eigenvalue weighted by molar-refractivity contribution is -0.701. The molecular weight excluding hydrogens is 280 g/mol. The minimum atomic E-state index is 0.734. The number of aryl methyl sites for hydroxylation is 1. The van der Waals surface area contributed by atoms with Crippen molar-refractivity contribution in [2.24, 2.45) is 0 Å². The third-order valence-electron chi connectivity index (χ3n) is 5.08. The van der Waals surface area contributed by atoms with Crippen LogP contribution in [-0.2, 0) is 6.54 Å². The van der Waals surface area contributed by atoms with Crippen molar-refractivity contribution in [3.63, 3.8) is 0 Å². The fourth-order valence-electron chi connectivity index (χ4n) is 3.59. The van der Waals surface area contributed by atoms with Crippen molar-refractivity contribution in [1.29, 1.82) is 0 Å². The predicted octanol–water partition coefficient (Wildman–Crippen LogP) is 6.52. The van der Waals surface area contributed by atoms with Crippen molar-refractivity contribution in [3.05, 3.63) is 18.2 Å². The average Bonchev–Trinajstić information content (AvgIpc) is 3.04. The van der Waals surface area contributed by atoms with Gasteiger partial charge in [0.2, 0.25) is 0 Å². The third kappa shape index (κ3) is 8.58. The van der Waals surface area contributed by atoms with E-state index in [1.54, 1.807) is 0 Å². The number of hydrogen-bond acceptors (Lipinski definition) is 0. The van der Waals surface area contributed by atoms with Crippen molar-refractivity contribution >= 4 is 0 Å². The van der Waals surface area contributed by atoms with Crippen molar-refractivity contribution < 1.29 is 4.57 Å². The van der Waals surface area contributed by atoms with Crippen LogP contribution in [0.15, 0.2) is 12.4 Å². The maximum absolute atomic E-state index is 3.53. The first-order valence-electron chi connectivity index (χ1n) is 10.4. The van der Waals surface area contributed by atoms with Gasteiger partial charge < -0.3 is 0 Å². The summed E-state index contributed by atoms with van der Waals surface area (Å²) in [6.07, 6.45) is 22.4. The number of aromatic nitrogens is 2. The van der Waals surface area contributed by atoms with E-state index in [4.69, 9.17) is 0 Å². The summed E-state index contributed by atoms with van der Waals surface area (Å²) < 4.78 is 2.41. The number of nitrogens with one attached hydrogen (secondary N) is 1. The maximum Gasteiger partial charge on any atom is 0.257 e. The van der Waals surface area contributed by atoms with Gasteiger partial charge in [0, 0.05) is 0 Å². The van der Waals surface area contributed by atoms with Gasteiger partial charge in [-0.1, -0.05) is 84.5 Å². The smallest absolute Gasteiger partial charge is 0.247 e. The van der Waals surface area contributed by atoms with Gasteiger partial charge in [-0.25, -0.2) is 9.55 Å². The molecule has 2 nitrogen and oxygen atoms in total. The zero-order valence-electron chi connectivity index (χ0n) is 16.1. The molecule has 1 atom stereocenters. The SMILES string of the molecule is CCCCCCCC[C@H](CCCCCCC)c1[nH]cc[n+]1CC. The molecule has 0 saturated heterocycles. The van der Waals surface area contributed by atoms with E-state index in [1.165, 1.54) is 89.3 Å². The second-order valence-electron chi connectivity index (χ2n) is 7.09. The van der Waals surface area contributed by atoms with Crippen LogP contribution >= 0.6 is 0 Å². The van der Waals surface area contributed by atoms with Gasteiger partial charge in [0.15, 0.2) is 0 Å². The zero-order valence-corrected chi connectivity index (χ0v) is 16.1. The molecule has 0 bridgehead atoms. The highest BCUT2D eigenvalue weighted by Gasteiger charge is 2.21. The fraction of sp³-hybridized carbons (Fsp3) is 0.857. The van der Waals surface area contributed by atoms with Crippen LogP contribution < -0.4 is 4.57 Å². The molecule has 1 heterocycles. The maximum atomic E-state index is 3.53. The summed E-state index contributed by atoms with van der Waals surface area (Å²) in [5, 5.41) is 0. The molecule has 0 spiro atoms. The van der Waals surface area contributed by atoms with Gasteiger partial charge in [-0.2, -0.15) is 0 Å². The topological polar surface area (TPSA) is 19.7 Å². The normalized spacial score (nSPS) is 12.7. The Morgan fingerprint density at radius 2 is 1.30 bits per heavy atom. The van der Waals surface area contributed by atoms with Crippen molar-refractivity contribution in [3.8, 4) is 0 Å². The molecule has 0 saturated carbocycles. The Hall–Kier alpha value is -0.790. The van der Waals surface area contributed by atoms with Gasteiger partial charge >= 0.3 is 0 Å². The number of rotatable bonds is 15. The van der Waals surface area contributed by atoms with Crippen molar-refractivity contribution in [2.75, 3.05) is 0 Å². The zero-order chi connectivity index (χ0) is 16.8. The summed E-state index contributed by atoms with van der Waals surface area (Å²) in [6.45, 7) is 7.93. The molecule has 1 rings (SSSR count). The first kappa shape index (κ1) is 20.3. The van der Waals surface area contributed by atoms with Crippen LogP contribution in [0.25, 0.3) is 0 Å². The van der Waals surface area contributed by atoms with E-state index >= 15 is 0 Å². The number of imidazole rings is 1. The number of hydrogen-bond donors (Lipinski definition) is 1. The highest BCUT2D eigenvalue weighted by atomic mass is 15.1. The second-order valence-corrected chi connectivity index (χ2v) is 7.09. The number of nitrogens with zero attached hydrogens (tertiary/aromatic N) is 1. The lowest BCUT2D eigenvalue weighted by Crippen LogP contribution is -2.36. The first-order valence-corrected chi connectivity index (χ1v) is 10.4. The molecule has 0 aliphatic carbocycles. The van der Waals surface area contributed by atoms with Gasteiger partial charge in [0.05, 0.1) is 12.5 Å². The van der Waals surface area contributed by atoms with Crippen LogP contribution in [-0.4, -0.2) is 4.98 Å². The molecule has 0 amide bonds. The van der Waals surface area contributed by atoms with Gasteiger partial charge in [0.25, 0.3) is 5.82 Å². The predicted molar refractivity (Wildman–Crippen MR) is 101 cm³/mol. The molecule has 2 heteroatoms. The Morgan fingerprint density at radius 3 is 1.83 bits per heavy atom. The molecular formula is C21H41N2+. The molecule has 1 aromatic rings. The van der Waals surface area contributed by atoms with Crippen LogP contribution in [0, 0.1) is 0 Å². The molecule has 1 aromatic heterocycles. The molecule has 0 aromatic carbocycles. The summed E-state index contributed by atoms with van der Waals surface area (Å²) in [5.74, 6) is 2.20. The molecule has 0 radical (unpaired) electrons. The van der Waals surface area contributed by atoms with Gasteiger partial charge in [0.1, 0.15) is 12.4 Å². The van der Waals surface area contributed by atoms with E-state index in [-0.39, 0.29) is 0 Å². The monoisotopic (exact) mass is 321 g/mol. The lowest BCUT2D eigenvalue weighted by atomic mass is 9.93. The van der Waals surface area contributed by atoms with Crippen molar-refractivity contribution in [1.82, 2.24) is 4.98 Å². The Morgan fingerprint density at radius 1 is 0.783 bits per heavy atom. The Balaban J connectivity index is 2.39. The van der Waals surface area contributed by atoms with Gasteiger partial charge in [-0.05, 0) is 19.8 Å². The molecule has 23 heavy (non-hydrogen) atoms. The molecule has 0 aliphatic rings. The van der Waals surface area contributed by atoms with Gasteiger partial charge in [-0.15, -0.1) is 0 Å². The van der Waals surface area contributed by atoms with E-state index in [2.05, 4.69) is 42.7 Å². The first-order chi connectivity index (χ1) is 11.3. The number of unbranched alkanes of at least 4 members (excludes halogenated alkanes) is 9. The Labute approximate surface area is 145 Å². The number of aromatic amines is 1. The van der Waals surface area contributed by atoms with Crippen LogP contribution in [0.1, 0.15) is 116 Å². The summed E-state index contributed by atoms with van der Waals surface area (Å²) in [4.78, 5) is 3.53. The van der Waals surface area contributed by atoms with Crippen LogP contribution in [0.3, 0.4) is 0 Å². The van der Waals surface area contributed by atoms with E-state index in [0.29, 0.717) is 0 Å². The van der Waals surface area contributed by atoms with E-state index in [9.17, 15) is 0 Å². The second kappa shape index (κ2) is 13.6.